The Morgan fingerprint density at radius 1 is 1.27 bits per heavy atom. The third-order valence-corrected chi connectivity index (χ3v) is 3.03. The van der Waals surface area contributed by atoms with Crippen molar-refractivity contribution in [1.82, 2.24) is 5.32 Å². The number of benzene rings is 1. The van der Waals surface area contributed by atoms with Crippen molar-refractivity contribution in [1.29, 1.82) is 0 Å². The van der Waals surface area contributed by atoms with Crippen molar-refractivity contribution in [2.75, 3.05) is 18.9 Å². The van der Waals surface area contributed by atoms with Crippen LogP contribution in [0.25, 0.3) is 0 Å². The summed E-state index contributed by atoms with van der Waals surface area (Å²) in [5.41, 5.74) is 1.32. The predicted molar refractivity (Wildman–Crippen MR) is 66.2 cm³/mol. The molecule has 2 N–H and O–H groups in total. The highest BCUT2D eigenvalue weighted by Crippen LogP contribution is 2.17. The minimum absolute atomic E-state index is 0.241. The molecule has 0 aromatic heterocycles. The molecule has 0 spiro atoms. The standard InChI is InChI=1S/C12H19NOS/c1-2-7-13-10-11-3-5-12(6-4-11)15-9-8-14/h3-6,13-14H,2,7-10H2,1H3. The normalized spacial score (nSPS) is 10.5. The maximum absolute atomic E-state index is 8.69. The smallest absolute Gasteiger partial charge is 0.0525 e. The van der Waals surface area contributed by atoms with Crippen molar-refractivity contribution in [2.24, 2.45) is 0 Å². The Bertz CT molecular complexity index is 261. The number of hydrogen-bond acceptors (Lipinski definition) is 3. The lowest BCUT2D eigenvalue weighted by molar-refractivity contribution is 0.322. The Kier molecular flexibility index (Phi) is 6.48. The van der Waals surface area contributed by atoms with Crippen molar-refractivity contribution < 1.29 is 5.11 Å². The molecule has 3 heteroatoms. The number of rotatable bonds is 7. The minimum atomic E-state index is 0.241. The van der Waals surface area contributed by atoms with Gasteiger partial charge in [0.05, 0.1) is 6.61 Å². The van der Waals surface area contributed by atoms with E-state index in [1.165, 1.54) is 16.9 Å². The van der Waals surface area contributed by atoms with Gasteiger partial charge in [0.15, 0.2) is 0 Å². The lowest BCUT2D eigenvalue weighted by Crippen LogP contribution is -2.13. The molecular formula is C12H19NOS. The van der Waals surface area contributed by atoms with E-state index in [-0.39, 0.29) is 6.61 Å². The molecule has 0 radical (unpaired) electrons. The average Bonchev–Trinajstić information content (AvgIpc) is 2.28. The molecule has 15 heavy (non-hydrogen) atoms. The highest BCUT2D eigenvalue weighted by atomic mass is 32.2. The Hall–Kier alpha value is -0.510. The summed E-state index contributed by atoms with van der Waals surface area (Å²) < 4.78 is 0. The van der Waals surface area contributed by atoms with Crippen LogP contribution in [0.5, 0.6) is 0 Å². The topological polar surface area (TPSA) is 32.3 Å². The first-order valence-corrected chi connectivity index (χ1v) is 6.38. The van der Waals surface area contributed by atoms with E-state index < -0.39 is 0 Å². The van der Waals surface area contributed by atoms with Crippen LogP contribution in [-0.4, -0.2) is 24.0 Å². The molecule has 0 aliphatic heterocycles. The van der Waals surface area contributed by atoms with E-state index in [9.17, 15) is 0 Å². The van der Waals surface area contributed by atoms with Gasteiger partial charge in [0, 0.05) is 17.2 Å². The van der Waals surface area contributed by atoms with Crippen LogP contribution in [0, 0.1) is 0 Å². The quantitative estimate of drug-likeness (QED) is 0.551. The molecule has 1 aromatic rings. The van der Waals surface area contributed by atoms with E-state index in [1.807, 2.05) is 0 Å². The Morgan fingerprint density at radius 2 is 2.00 bits per heavy atom. The largest absolute Gasteiger partial charge is 0.396 e. The molecule has 0 atom stereocenters. The van der Waals surface area contributed by atoms with Gasteiger partial charge in [0.25, 0.3) is 0 Å². The van der Waals surface area contributed by atoms with Crippen LogP contribution < -0.4 is 5.32 Å². The van der Waals surface area contributed by atoms with E-state index in [1.54, 1.807) is 11.8 Å². The summed E-state index contributed by atoms with van der Waals surface area (Å²) in [6.07, 6.45) is 1.17. The third-order valence-electron chi connectivity index (χ3n) is 2.04. The maximum Gasteiger partial charge on any atom is 0.0525 e. The number of nitrogens with one attached hydrogen (secondary N) is 1. The van der Waals surface area contributed by atoms with Gasteiger partial charge < -0.3 is 10.4 Å². The van der Waals surface area contributed by atoms with E-state index in [4.69, 9.17) is 5.11 Å². The maximum atomic E-state index is 8.69. The molecule has 1 aromatic carbocycles. The van der Waals surface area contributed by atoms with Crippen molar-refractivity contribution >= 4 is 11.8 Å². The van der Waals surface area contributed by atoms with Crippen LogP contribution in [0.2, 0.25) is 0 Å². The van der Waals surface area contributed by atoms with Gasteiger partial charge in [-0.25, -0.2) is 0 Å². The zero-order valence-corrected chi connectivity index (χ0v) is 10.0. The molecular weight excluding hydrogens is 206 g/mol. The second kappa shape index (κ2) is 7.74. The summed E-state index contributed by atoms with van der Waals surface area (Å²) in [5, 5.41) is 12.1. The van der Waals surface area contributed by atoms with Crippen molar-refractivity contribution in [3.05, 3.63) is 29.8 Å². The molecule has 0 saturated carbocycles. The molecule has 2 nitrogen and oxygen atoms in total. The predicted octanol–water partition coefficient (Wildman–Crippen LogP) is 2.27. The van der Waals surface area contributed by atoms with Crippen molar-refractivity contribution in [3.8, 4) is 0 Å². The van der Waals surface area contributed by atoms with E-state index in [0.717, 1.165) is 18.8 Å². The molecule has 0 amide bonds. The van der Waals surface area contributed by atoms with Gasteiger partial charge >= 0.3 is 0 Å². The first kappa shape index (κ1) is 12.6. The monoisotopic (exact) mass is 225 g/mol. The van der Waals surface area contributed by atoms with E-state index in [2.05, 4.69) is 36.5 Å². The van der Waals surface area contributed by atoms with Gasteiger partial charge in [-0.15, -0.1) is 11.8 Å². The molecule has 0 heterocycles. The molecule has 0 saturated heterocycles. The first-order valence-electron chi connectivity index (χ1n) is 5.40. The SMILES string of the molecule is CCCNCc1ccc(SCCO)cc1. The number of hydrogen-bond donors (Lipinski definition) is 2. The van der Waals surface area contributed by atoms with Crippen LogP contribution in [0.4, 0.5) is 0 Å². The molecule has 0 fully saturated rings. The minimum Gasteiger partial charge on any atom is -0.396 e. The lowest BCUT2D eigenvalue weighted by atomic mass is 10.2. The summed E-state index contributed by atoms with van der Waals surface area (Å²) in [6.45, 7) is 4.42. The van der Waals surface area contributed by atoms with Crippen LogP contribution >= 0.6 is 11.8 Å². The molecule has 0 aliphatic carbocycles. The lowest BCUT2D eigenvalue weighted by Gasteiger charge is -2.04. The van der Waals surface area contributed by atoms with Gasteiger partial charge in [-0.05, 0) is 30.7 Å². The Labute approximate surface area is 96.1 Å². The number of thioether (sulfide) groups is 1. The second-order valence-corrected chi connectivity index (χ2v) is 4.56. The summed E-state index contributed by atoms with van der Waals surface area (Å²) >= 11 is 1.69. The Balaban J connectivity index is 2.35. The summed E-state index contributed by atoms with van der Waals surface area (Å²) in [5.74, 6) is 0.771. The molecule has 84 valence electrons. The van der Waals surface area contributed by atoms with Gasteiger partial charge in [0.1, 0.15) is 0 Å². The summed E-state index contributed by atoms with van der Waals surface area (Å²) in [7, 11) is 0. The molecule has 0 bridgehead atoms. The van der Waals surface area contributed by atoms with Crippen LogP contribution in [0.15, 0.2) is 29.2 Å². The molecule has 0 unspecified atom stereocenters. The fourth-order valence-electron chi connectivity index (χ4n) is 1.28. The van der Waals surface area contributed by atoms with Gasteiger partial charge in [0.2, 0.25) is 0 Å². The van der Waals surface area contributed by atoms with Crippen LogP contribution in [-0.2, 0) is 6.54 Å². The van der Waals surface area contributed by atoms with Crippen molar-refractivity contribution in [2.45, 2.75) is 24.8 Å². The fraction of sp³-hybridized carbons (Fsp3) is 0.500. The Morgan fingerprint density at radius 3 is 2.60 bits per heavy atom. The molecule has 0 aliphatic rings. The molecule has 1 rings (SSSR count). The number of aliphatic hydroxyl groups is 1. The van der Waals surface area contributed by atoms with Gasteiger partial charge in [-0.2, -0.15) is 0 Å². The van der Waals surface area contributed by atoms with Crippen LogP contribution in [0.1, 0.15) is 18.9 Å². The zero-order valence-electron chi connectivity index (χ0n) is 9.20. The summed E-state index contributed by atoms with van der Waals surface area (Å²) in [6, 6.07) is 8.51. The van der Waals surface area contributed by atoms with Crippen LogP contribution in [0.3, 0.4) is 0 Å². The highest BCUT2D eigenvalue weighted by Gasteiger charge is 1.94. The summed E-state index contributed by atoms with van der Waals surface area (Å²) in [4.78, 5) is 1.23. The first-order chi connectivity index (χ1) is 7.36. The van der Waals surface area contributed by atoms with Crippen molar-refractivity contribution in [3.63, 3.8) is 0 Å². The fourth-order valence-corrected chi connectivity index (χ4v) is 1.93. The van der Waals surface area contributed by atoms with E-state index >= 15 is 0 Å². The average molecular weight is 225 g/mol. The van der Waals surface area contributed by atoms with Gasteiger partial charge in [-0.1, -0.05) is 19.1 Å². The van der Waals surface area contributed by atoms with Gasteiger partial charge in [-0.3, -0.25) is 0 Å². The second-order valence-electron chi connectivity index (χ2n) is 3.39. The highest BCUT2D eigenvalue weighted by molar-refractivity contribution is 7.99. The van der Waals surface area contributed by atoms with E-state index in [0.29, 0.717) is 0 Å². The zero-order chi connectivity index (χ0) is 10.9. The number of aliphatic hydroxyl groups excluding tert-OH is 1. The third kappa shape index (κ3) is 5.21.